The Morgan fingerprint density at radius 1 is 1.25 bits per heavy atom. The molecule has 0 aliphatic carbocycles. The summed E-state index contributed by atoms with van der Waals surface area (Å²) >= 11 is 0. The van der Waals surface area contributed by atoms with Crippen molar-refractivity contribution in [3.63, 3.8) is 0 Å². The number of nitrogens with zero attached hydrogens (tertiary/aromatic N) is 1. The number of likely N-dealkylation sites (tertiary alicyclic amines) is 1. The van der Waals surface area contributed by atoms with E-state index in [4.69, 9.17) is 4.74 Å². The van der Waals surface area contributed by atoms with E-state index in [-0.39, 0.29) is 0 Å². The van der Waals surface area contributed by atoms with Gasteiger partial charge in [-0.1, -0.05) is 0 Å². The number of hydrogen-bond donors (Lipinski definition) is 0. The molecule has 0 aromatic heterocycles. The molecule has 2 aliphatic rings. The van der Waals surface area contributed by atoms with Gasteiger partial charge >= 0.3 is 0 Å². The monoisotopic (exact) mass is 225 g/mol. The Hall–Kier alpha value is -0.410. The van der Waals surface area contributed by atoms with Gasteiger partial charge in [0.15, 0.2) is 0 Å². The third-order valence-corrected chi connectivity index (χ3v) is 3.94. The highest BCUT2D eigenvalue weighted by Crippen LogP contribution is 2.23. The van der Waals surface area contributed by atoms with Crippen LogP contribution in [0.5, 0.6) is 0 Å². The van der Waals surface area contributed by atoms with E-state index in [1.54, 1.807) is 6.92 Å². The van der Waals surface area contributed by atoms with Gasteiger partial charge in [-0.25, -0.2) is 0 Å². The summed E-state index contributed by atoms with van der Waals surface area (Å²) in [5.41, 5.74) is 0. The average Bonchev–Trinajstić information content (AvgIpc) is 2.65. The molecule has 3 nitrogen and oxygen atoms in total. The van der Waals surface area contributed by atoms with E-state index in [0.29, 0.717) is 23.9 Å². The van der Waals surface area contributed by atoms with Gasteiger partial charge in [0, 0.05) is 12.5 Å². The maximum atomic E-state index is 11.2. The Bertz CT molecular complexity index is 246. The summed E-state index contributed by atoms with van der Waals surface area (Å²) in [5, 5.41) is 0. The van der Waals surface area contributed by atoms with E-state index >= 15 is 0 Å². The van der Waals surface area contributed by atoms with Crippen LogP contribution in [0.1, 0.15) is 39.5 Å². The van der Waals surface area contributed by atoms with Gasteiger partial charge in [-0.15, -0.1) is 0 Å². The number of piperidine rings is 1. The van der Waals surface area contributed by atoms with Crippen LogP contribution >= 0.6 is 0 Å². The molecule has 2 atom stereocenters. The second kappa shape index (κ2) is 5.28. The Kier molecular flexibility index (Phi) is 3.98. The van der Waals surface area contributed by atoms with Gasteiger partial charge < -0.3 is 9.64 Å². The molecule has 16 heavy (non-hydrogen) atoms. The molecule has 0 N–H and O–H groups in total. The molecule has 0 aromatic rings. The van der Waals surface area contributed by atoms with Crippen molar-refractivity contribution in [2.24, 2.45) is 5.92 Å². The summed E-state index contributed by atoms with van der Waals surface area (Å²) in [5.74, 6) is 0.685. The number of carbonyl (C=O) groups is 1. The second-order valence-corrected chi connectivity index (χ2v) is 5.33. The van der Waals surface area contributed by atoms with Crippen LogP contribution in [-0.2, 0) is 9.53 Å². The molecule has 0 saturated carbocycles. The number of carbonyl (C=O) groups excluding carboxylic acids is 1. The summed E-state index contributed by atoms with van der Waals surface area (Å²) in [6.45, 7) is 7.08. The number of rotatable bonds is 3. The maximum Gasteiger partial charge on any atom is 0.133 e. The van der Waals surface area contributed by atoms with Gasteiger partial charge in [-0.2, -0.15) is 0 Å². The Morgan fingerprint density at radius 3 is 2.44 bits per heavy atom. The van der Waals surface area contributed by atoms with Crippen LogP contribution in [0.25, 0.3) is 0 Å². The molecule has 3 heteroatoms. The minimum absolute atomic E-state index is 0.319. The van der Waals surface area contributed by atoms with Crippen LogP contribution < -0.4 is 0 Å². The zero-order chi connectivity index (χ0) is 11.5. The zero-order valence-electron chi connectivity index (χ0n) is 10.4. The highest BCUT2D eigenvalue weighted by Gasteiger charge is 2.27. The molecule has 0 radical (unpaired) electrons. The van der Waals surface area contributed by atoms with Crippen LogP contribution in [-0.4, -0.2) is 42.5 Å². The van der Waals surface area contributed by atoms with E-state index in [0.717, 1.165) is 32.5 Å². The molecule has 2 unspecified atom stereocenters. The van der Waals surface area contributed by atoms with Crippen molar-refractivity contribution in [2.45, 2.75) is 51.7 Å². The number of Topliss-reactive ketones (excluding diaryl/α,β-unsaturated/α-hetero) is 1. The van der Waals surface area contributed by atoms with Crippen molar-refractivity contribution >= 4 is 5.78 Å². The molecule has 92 valence electrons. The first-order chi connectivity index (χ1) is 7.65. The minimum Gasteiger partial charge on any atom is -0.374 e. The second-order valence-electron chi connectivity index (χ2n) is 5.33. The van der Waals surface area contributed by atoms with Crippen LogP contribution in [0.15, 0.2) is 0 Å². The van der Waals surface area contributed by atoms with Crippen LogP contribution in [0.4, 0.5) is 0 Å². The number of hydrogen-bond acceptors (Lipinski definition) is 3. The highest BCUT2D eigenvalue weighted by atomic mass is 16.5. The fraction of sp³-hybridized carbons (Fsp3) is 0.923. The Morgan fingerprint density at radius 2 is 1.94 bits per heavy atom. The molecule has 0 aromatic carbocycles. The molecular formula is C13H23NO2. The van der Waals surface area contributed by atoms with Crippen molar-refractivity contribution in [1.29, 1.82) is 0 Å². The number of ether oxygens (including phenoxy) is 1. The van der Waals surface area contributed by atoms with Crippen LogP contribution in [0, 0.1) is 5.92 Å². The van der Waals surface area contributed by atoms with Crippen molar-refractivity contribution in [2.75, 3.05) is 19.6 Å². The van der Waals surface area contributed by atoms with E-state index < -0.39 is 0 Å². The first-order valence-corrected chi connectivity index (χ1v) is 6.53. The van der Waals surface area contributed by atoms with Crippen molar-refractivity contribution in [1.82, 2.24) is 4.90 Å². The van der Waals surface area contributed by atoms with Gasteiger partial charge in [-0.05, 0) is 52.6 Å². The van der Waals surface area contributed by atoms with Crippen LogP contribution in [0.3, 0.4) is 0 Å². The molecular weight excluding hydrogens is 202 g/mol. The molecule has 2 saturated heterocycles. The molecule has 2 heterocycles. The molecule has 2 fully saturated rings. The van der Waals surface area contributed by atoms with Gasteiger partial charge in [0.1, 0.15) is 5.78 Å². The predicted molar refractivity (Wildman–Crippen MR) is 63.4 cm³/mol. The summed E-state index contributed by atoms with van der Waals surface area (Å²) < 4.78 is 5.83. The van der Waals surface area contributed by atoms with Crippen molar-refractivity contribution in [3.05, 3.63) is 0 Å². The average molecular weight is 225 g/mol. The van der Waals surface area contributed by atoms with Crippen molar-refractivity contribution in [3.8, 4) is 0 Å². The lowest BCUT2D eigenvalue weighted by molar-refractivity contribution is -0.122. The fourth-order valence-corrected chi connectivity index (χ4v) is 2.83. The zero-order valence-corrected chi connectivity index (χ0v) is 10.4. The third-order valence-electron chi connectivity index (χ3n) is 3.94. The summed E-state index contributed by atoms with van der Waals surface area (Å²) in [6.07, 6.45) is 5.36. The molecule has 0 amide bonds. The maximum absolute atomic E-state index is 11.2. The summed E-state index contributed by atoms with van der Waals surface area (Å²) in [7, 11) is 0. The van der Waals surface area contributed by atoms with E-state index in [2.05, 4.69) is 11.8 Å². The van der Waals surface area contributed by atoms with Gasteiger partial charge in [0.05, 0.1) is 12.2 Å². The number of ketones is 1. The molecule has 0 spiro atoms. The SMILES string of the molecule is CC(=O)C1CCN(CC2CCC(C)O2)CC1. The molecule has 0 bridgehead atoms. The smallest absolute Gasteiger partial charge is 0.133 e. The topological polar surface area (TPSA) is 29.5 Å². The van der Waals surface area contributed by atoms with Gasteiger partial charge in [0.2, 0.25) is 0 Å². The first-order valence-electron chi connectivity index (χ1n) is 6.53. The van der Waals surface area contributed by atoms with Crippen LogP contribution in [0.2, 0.25) is 0 Å². The first kappa shape index (κ1) is 12.1. The molecule has 2 aliphatic heterocycles. The normalized spacial score (nSPS) is 33.1. The highest BCUT2D eigenvalue weighted by molar-refractivity contribution is 5.78. The summed E-state index contributed by atoms with van der Waals surface area (Å²) in [4.78, 5) is 13.7. The quantitative estimate of drug-likeness (QED) is 0.734. The lowest BCUT2D eigenvalue weighted by Gasteiger charge is -2.32. The lowest BCUT2D eigenvalue weighted by atomic mass is 9.93. The van der Waals surface area contributed by atoms with E-state index in [1.165, 1.54) is 12.8 Å². The Balaban J connectivity index is 1.71. The predicted octanol–water partition coefficient (Wildman–Crippen LogP) is 1.85. The van der Waals surface area contributed by atoms with Gasteiger partial charge in [-0.3, -0.25) is 4.79 Å². The lowest BCUT2D eigenvalue weighted by Crippen LogP contribution is -2.40. The van der Waals surface area contributed by atoms with E-state index in [1.807, 2.05) is 0 Å². The van der Waals surface area contributed by atoms with Gasteiger partial charge in [0.25, 0.3) is 0 Å². The van der Waals surface area contributed by atoms with Crippen molar-refractivity contribution < 1.29 is 9.53 Å². The molecule has 2 rings (SSSR count). The Labute approximate surface area is 98.1 Å². The fourth-order valence-electron chi connectivity index (χ4n) is 2.83. The summed E-state index contributed by atoms with van der Waals surface area (Å²) in [6, 6.07) is 0. The van der Waals surface area contributed by atoms with E-state index in [9.17, 15) is 4.79 Å². The standard InChI is InChI=1S/C13H23NO2/c1-10-3-4-13(16-10)9-14-7-5-12(6-8-14)11(2)15/h10,12-13H,3-9H2,1-2H3. The largest absolute Gasteiger partial charge is 0.374 e. The third kappa shape index (κ3) is 3.05. The minimum atomic E-state index is 0.319.